The Kier molecular flexibility index (Phi) is 22.0. The molecule has 0 bridgehead atoms. The van der Waals surface area contributed by atoms with E-state index in [4.69, 9.17) is 61.6 Å². The number of hydrogen-bond donors (Lipinski definition) is 15. The molecular weight excluding hydrogens is 1300 g/mol. The number of carboxylic acid groups (broad SMARTS) is 1. The maximum absolute atomic E-state index is 16.1. The normalized spacial score (nSPS) is 53.2. The SMILES string of the molecule is CC(=O)O[C@H]1[C@@H](O[C@H]2O[C@H](CO)[C@@H](O)[C@@H]2O)[C@H](O[C@H]2O[C@H](C)[C@@H](O[C@H]3OC[C@H](O)[C@@H](O)[C@@H]3O)[C@H](O)[C@@H]2O)[C@@H](OC(=O)[C@@]23CCC(C)(C)C[C@@H]2C2=CCC4[C@]5(C)CC[C@@H](O[C@H]6O[C@@H](C(=O)O)[C@H](O)[C@@H](O)[C@@H]6O[C@H]6O[C@@H](CO)[C@@H](O)[C@@H](O)[C@@H]6O)[C@](C)(C=O)C5CC[C@]4(C)[C@@]2(C)CC3)O[C@H]1C. The lowest BCUT2D eigenvalue weighted by molar-refractivity contribution is -0.382. The number of carbonyl (C=O) groups is 4. The highest BCUT2D eigenvalue weighted by Gasteiger charge is 2.71. The summed E-state index contributed by atoms with van der Waals surface area (Å²) in [6.07, 6.45) is -41.7. The minimum Gasteiger partial charge on any atom is -0.479 e. The second kappa shape index (κ2) is 28.4. The van der Waals surface area contributed by atoms with Gasteiger partial charge >= 0.3 is 17.9 Å². The minimum atomic E-state index is -2.11. The van der Waals surface area contributed by atoms with E-state index in [-0.39, 0.29) is 23.7 Å². The lowest BCUT2D eigenvalue weighted by Crippen LogP contribution is -2.68. The van der Waals surface area contributed by atoms with Crippen molar-refractivity contribution in [2.24, 2.45) is 50.2 Å². The highest BCUT2D eigenvalue weighted by molar-refractivity contribution is 5.79. The van der Waals surface area contributed by atoms with Crippen LogP contribution in [0, 0.1) is 50.2 Å². The number of hydrogen-bond acceptors (Lipinski definition) is 31. The lowest BCUT2D eigenvalue weighted by atomic mass is 9.33. The molecule has 6 saturated heterocycles. The number of aldehydes is 1. The average Bonchev–Trinajstić information content (AvgIpc) is 0.758. The van der Waals surface area contributed by atoms with Gasteiger partial charge in [-0.3, -0.25) is 9.59 Å². The maximum atomic E-state index is 16.1. The Morgan fingerprint density at radius 2 is 1.09 bits per heavy atom. The number of esters is 2. The van der Waals surface area contributed by atoms with Gasteiger partial charge in [-0.15, -0.1) is 0 Å². The molecule has 6 aliphatic heterocycles. The van der Waals surface area contributed by atoms with Crippen LogP contribution < -0.4 is 0 Å². The molecule has 32 nitrogen and oxygen atoms in total. The van der Waals surface area contributed by atoms with Gasteiger partial charge in [-0.2, -0.15) is 0 Å². The Morgan fingerprint density at radius 3 is 1.72 bits per heavy atom. The molecule has 11 rings (SSSR count). The largest absolute Gasteiger partial charge is 0.479 e. The maximum Gasteiger partial charge on any atom is 0.335 e. The number of ether oxygens (including phenoxy) is 13. The molecule has 10 fully saturated rings. The van der Waals surface area contributed by atoms with E-state index in [9.17, 15) is 91.0 Å². The standard InChI is InChI=1S/C66H102O32/c1-25-47(93-54-43(79)36(72)30(71)23-86-54)42(78)46(82)55(87-25)97-52-51(96-56-44(80)38(74)32(22-68)91-56)48(89-27(3)70)26(2)88-59(52)98-60(85)66-18-16-61(4,5)20-29(66)28-10-11-34-62(6)14-13-35(63(7,24-69)33(62)12-15-65(34,9)64(28,8)17-19-66)92-58-50(41(77)40(76)49(94-58)53(83)84)95-57-45(81)39(75)37(73)31(21-67)90-57/h10,24-26,29-52,54-59,67-68,71-82H,11-23H2,1-9H3,(H,83,84)/t25-,26+,29-,30+,31+,32-,33?,34?,35-,36-,37-,38-,39-,40-,41-,42-,43+,44+,45+,46+,47-,48-,49-,50+,51-,52+,54-,55-,56-,57-,58+,59-,62-,63-,64+,65+,66-/m1/s1. The smallest absolute Gasteiger partial charge is 0.335 e. The Bertz CT molecular complexity index is 2890. The zero-order chi connectivity index (χ0) is 71.6. The van der Waals surface area contributed by atoms with Crippen LogP contribution in [0.15, 0.2) is 11.6 Å². The molecule has 5 aliphatic carbocycles. The van der Waals surface area contributed by atoms with Crippen LogP contribution in [0.1, 0.15) is 127 Å². The van der Waals surface area contributed by atoms with Gasteiger partial charge in [0.25, 0.3) is 0 Å². The average molecular weight is 1410 g/mol. The first-order valence-corrected chi connectivity index (χ1v) is 34.3. The minimum absolute atomic E-state index is 0.0804. The number of carboxylic acids is 1. The van der Waals surface area contributed by atoms with E-state index < -0.39 is 249 Å². The zero-order valence-corrected chi connectivity index (χ0v) is 56.5. The lowest BCUT2D eigenvalue weighted by Gasteiger charge is -2.71. The van der Waals surface area contributed by atoms with Gasteiger partial charge in [0.05, 0.1) is 49.0 Å². The van der Waals surface area contributed by atoms with Gasteiger partial charge in [0.2, 0.25) is 6.29 Å². The van der Waals surface area contributed by atoms with Gasteiger partial charge in [0.1, 0.15) is 110 Å². The summed E-state index contributed by atoms with van der Waals surface area (Å²) < 4.78 is 79.1. The fourth-order valence-corrected chi connectivity index (χ4v) is 19.1. The fraction of sp³-hybridized carbons (Fsp3) is 0.909. The van der Waals surface area contributed by atoms with Gasteiger partial charge in [-0.05, 0) is 117 Å². The Balaban J connectivity index is 0.878. The second-order valence-electron chi connectivity index (χ2n) is 31.2. The number of fused-ring (bicyclic) bond motifs is 7. The van der Waals surface area contributed by atoms with E-state index in [1.165, 1.54) is 13.8 Å². The Hall–Kier alpha value is -3.18. The van der Waals surface area contributed by atoms with E-state index in [2.05, 4.69) is 40.7 Å². The predicted molar refractivity (Wildman–Crippen MR) is 324 cm³/mol. The van der Waals surface area contributed by atoms with Crippen molar-refractivity contribution >= 4 is 24.2 Å². The molecule has 0 radical (unpaired) electrons. The molecule has 0 spiro atoms. The molecule has 2 unspecified atom stereocenters. The summed E-state index contributed by atoms with van der Waals surface area (Å²) in [4.78, 5) is 55.5. The van der Waals surface area contributed by atoms with Crippen LogP contribution in [0.3, 0.4) is 0 Å². The molecule has 558 valence electrons. The summed E-state index contributed by atoms with van der Waals surface area (Å²) in [7, 11) is 0. The third-order valence-electron chi connectivity index (χ3n) is 25.0. The molecule has 37 atom stereocenters. The second-order valence-corrected chi connectivity index (χ2v) is 31.2. The molecular formula is C66H102O32. The monoisotopic (exact) mass is 1410 g/mol. The summed E-state index contributed by atoms with van der Waals surface area (Å²) in [5, 5.41) is 162. The quantitative estimate of drug-likeness (QED) is 0.0295. The molecule has 0 aromatic carbocycles. The van der Waals surface area contributed by atoms with Gasteiger partial charge in [0, 0.05) is 6.92 Å². The number of aliphatic hydroxyl groups excluding tert-OH is 14. The van der Waals surface area contributed by atoms with E-state index in [1.807, 2.05) is 0 Å². The summed E-state index contributed by atoms with van der Waals surface area (Å²) in [6.45, 7) is 14.8. The van der Waals surface area contributed by atoms with Crippen LogP contribution in [0.25, 0.3) is 0 Å². The molecule has 0 aromatic rings. The van der Waals surface area contributed by atoms with Crippen molar-refractivity contribution in [2.45, 2.75) is 305 Å². The van der Waals surface area contributed by atoms with Crippen LogP contribution in [0.4, 0.5) is 0 Å². The van der Waals surface area contributed by atoms with E-state index in [0.29, 0.717) is 57.8 Å². The van der Waals surface area contributed by atoms with E-state index in [0.717, 1.165) is 18.8 Å². The number of allylic oxidation sites excluding steroid dienone is 2. The summed E-state index contributed by atoms with van der Waals surface area (Å²) in [5.41, 5.74) is -3.39. The molecule has 6 heterocycles. The molecule has 0 amide bonds. The number of aliphatic carboxylic acids is 1. The summed E-state index contributed by atoms with van der Waals surface area (Å²) >= 11 is 0. The third-order valence-corrected chi connectivity index (χ3v) is 25.0. The van der Waals surface area contributed by atoms with Crippen molar-refractivity contribution < 1.29 is 157 Å². The number of rotatable bonds is 17. The van der Waals surface area contributed by atoms with E-state index >= 15 is 4.79 Å². The van der Waals surface area contributed by atoms with Gasteiger partial charge < -0.3 is 143 Å². The molecule has 15 N–H and O–H groups in total. The number of carbonyl (C=O) groups excluding carboxylic acids is 3. The molecule has 4 saturated carbocycles. The third kappa shape index (κ3) is 13.0. The van der Waals surface area contributed by atoms with Gasteiger partial charge in [0.15, 0.2) is 49.8 Å². The highest BCUT2D eigenvalue weighted by Crippen LogP contribution is 2.76. The molecule has 11 aliphatic rings. The van der Waals surface area contributed by atoms with Crippen molar-refractivity contribution in [2.75, 3.05) is 19.8 Å². The van der Waals surface area contributed by atoms with Gasteiger partial charge in [-0.25, -0.2) is 4.79 Å². The van der Waals surface area contributed by atoms with Crippen molar-refractivity contribution in [3.8, 4) is 0 Å². The predicted octanol–water partition coefficient (Wildman–Crippen LogP) is -3.21. The van der Waals surface area contributed by atoms with Crippen molar-refractivity contribution in [1.29, 1.82) is 0 Å². The van der Waals surface area contributed by atoms with Crippen molar-refractivity contribution in [3.63, 3.8) is 0 Å². The van der Waals surface area contributed by atoms with Crippen LogP contribution >= 0.6 is 0 Å². The Labute approximate surface area is 566 Å². The van der Waals surface area contributed by atoms with Crippen LogP contribution in [-0.4, -0.2) is 299 Å². The summed E-state index contributed by atoms with van der Waals surface area (Å²) in [5.74, 6) is -4.07. The van der Waals surface area contributed by atoms with Crippen molar-refractivity contribution in [1.82, 2.24) is 0 Å². The van der Waals surface area contributed by atoms with Gasteiger partial charge in [-0.1, -0.05) is 53.2 Å². The molecule has 0 aromatic heterocycles. The van der Waals surface area contributed by atoms with E-state index in [1.54, 1.807) is 6.92 Å². The van der Waals surface area contributed by atoms with Crippen LogP contribution in [0.2, 0.25) is 0 Å². The first kappa shape index (κ1) is 76.0. The topological polar surface area (TPSA) is 492 Å². The highest BCUT2D eigenvalue weighted by atomic mass is 16.8. The zero-order valence-electron chi connectivity index (χ0n) is 56.5. The fourth-order valence-electron chi connectivity index (χ4n) is 19.1. The van der Waals surface area contributed by atoms with Crippen molar-refractivity contribution in [3.05, 3.63) is 11.6 Å². The molecule has 98 heavy (non-hydrogen) atoms. The first-order chi connectivity index (χ1) is 46.0. The summed E-state index contributed by atoms with van der Waals surface area (Å²) in [6, 6.07) is 0. The Morgan fingerprint density at radius 1 is 0.541 bits per heavy atom. The number of aliphatic hydroxyl groups is 14. The van der Waals surface area contributed by atoms with Crippen LogP contribution in [-0.2, 0) is 80.8 Å². The first-order valence-electron chi connectivity index (χ1n) is 34.3. The van der Waals surface area contributed by atoms with Crippen LogP contribution in [0.5, 0.6) is 0 Å². The molecule has 32 heteroatoms.